The van der Waals surface area contributed by atoms with Crippen molar-refractivity contribution in [3.8, 4) is 11.1 Å². The molecule has 192 valence electrons. The van der Waals surface area contributed by atoms with E-state index in [1.54, 1.807) is 25.7 Å². The number of carbonyl (C=O) groups excluding carboxylic acids is 2. The molecule has 0 saturated carbocycles. The van der Waals surface area contributed by atoms with Crippen LogP contribution in [0.1, 0.15) is 64.7 Å². The number of ether oxygens (including phenoxy) is 1. The predicted octanol–water partition coefficient (Wildman–Crippen LogP) is 2.15. The minimum absolute atomic E-state index is 0.111. The largest absolute Gasteiger partial charge is 0.478 e. The second-order valence-corrected chi connectivity index (χ2v) is 9.39. The first kappa shape index (κ1) is 26.3. The van der Waals surface area contributed by atoms with Crippen LogP contribution < -0.4 is 16.6 Å². The Kier molecular flexibility index (Phi) is 7.37. The average Bonchev–Trinajstić information content (AvgIpc) is 2.76. The summed E-state index contributed by atoms with van der Waals surface area (Å²) in [5.74, 6) is -3.88. The molecule has 0 atom stereocenters. The van der Waals surface area contributed by atoms with Gasteiger partial charge < -0.3 is 35.9 Å². The van der Waals surface area contributed by atoms with Crippen LogP contribution in [0, 0.1) is 0 Å². The highest BCUT2D eigenvalue weighted by Crippen LogP contribution is 2.29. The summed E-state index contributed by atoms with van der Waals surface area (Å²) in [7, 11) is 0. The lowest BCUT2D eigenvalue weighted by Gasteiger charge is -2.33. The van der Waals surface area contributed by atoms with Crippen molar-refractivity contribution < 1.29 is 34.1 Å². The number of nitrogens with one attached hydrogen (secondary N) is 2. The lowest BCUT2D eigenvalue weighted by atomic mass is 9.94. The quantitative estimate of drug-likeness (QED) is 0.409. The molecule has 2 heterocycles. The zero-order valence-corrected chi connectivity index (χ0v) is 20.1. The third kappa shape index (κ3) is 5.82. The Labute approximate surface area is 206 Å². The third-order valence-electron chi connectivity index (χ3n) is 5.60. The van der Waals surface area contributed by atoms with E-state index >= 15 is 0 Å². The van der Waals surface area contributed by atoms with Crippen LogP contribution in [-0.4, -0.2) is 68.8 Å². The van der Waals surface area contributed by atoms with Crippen LogP contribution in [0.15, 0.2) is 29.1 Å². The number of aromatic nitrogens is 1. The smallest absolute Gasteiger partial charge is 0.407 e. The first-order valence-electron chi connectivity index (χ1n) is 11.2. The summed E-state index contributed by atoms with van der Waals surface area (Å²) in [4.78, 5) is 64.3. The van der Waals surface area contributed by atoms with Gasteiger partial charge >= 0.3 is 18.0 Å². The van der Waals surface area contributed by atoms with Gasteiger partial charge in [0.15, 0.2) is 0 Å². The molecule has 1 aliphatic heterocycles. The Morgan fingerprint density at radius 3 is 2.08 bits per heavy atom. The average molecular weight is 501 g/mol. The number of rotatable bonds is 5. The van der Waals surface area contributed by atoms with Crippen molar-refractivity contribution in [2.24, 2.45) is 0 Å². The van der Waals surface area contributed by atoms with Crippen molar-refractivity contribution >= 4 is 29.8 Å². The summed E-state index contributed by atoms with van der Waals surface area (Å²) in [6, 6.07) is 5.47. The van der Waals surface area contributed by atoms with Gasteiger partial charge in [-0.25, -0.2) is 14.4 Å². The summed E-state index contributed by atoms with van der Waals surface area (Å²) in [6.07, 6.45) is 0.572. The van der Waals surface area contributed by atoms with Gasteiger partial charge in [-0.3, -0.25) is 9.59 Å². The third-order valence-corrected chi connectivity index (χ3v) is 5.60. The van der Waals surface area contributed by atoms with Crippen molar-refractivity contribution in [1.29, 1.82) is 0 Å². The molecule has 0 bridgehead atoms. The van der Waals surface area contributed by atoms with Gasteiger partial charge in [-0.1, -0.05) is 12.1 Å². The minimum atomic E-state index is -1.61. The molecule has 36 heavy (non-hydrogen) atoms. The molecule has 0 aliphatic carbocycles. The molecule has 6 N–H and O–H groups in total. The summed E-state index contributed by atoms with van der Waals surface area (Å²) < 4.78 is 5.26. The molecule has 2 aromatic rings. The summed E-state index contributed by atoms with van der Waals surface area (Å²) >= 11 is 0. The zero-order chi connectivity index (χ0) is 26.8. The van der Waals surface area contributed by atoms with Gasteiger partial charge in [0, 0.05) is 30.3 Å². The Balaban J connectivity index is 1.77. The maximum Gasteiger partial charge on any atom is 0.407 e. The molecule has 1 aliphatic rings. The van der Waals surface area contributed by atoms with Gasteiger partial charge in [0.2, 0.25) is 0 Å². The predicted molar refractivity (Wildman–Crippen MR) is 129 cm³/mol. The number of carboxylic acid groups (broad SMARTS) is 2. The SMILES string of the molecule is CC(C)(C)OC(=O)NC1CCN(C(=O)c2ccc(-c3c(C(=O)O)c(N)[nH]c(=O)c3C(=O)O)cc2)CC1. The molecule has 1 aromatic carbocycles. The van der Waals surface area contributed by atoms with Gasteiger partial charge in [0.25, 0.3) is 11.5 Å². The molecule has 1 aromatic heterocycles. The number of pyridine rings is 1. The number of hydrogen-bond acceptors (Lipinski definition) is 7. The van der Waals surface area contributed by atoms with E-state index in [9.17, 15) is 34.2 Å². The molecule has 0 radical (unpaired) electrons. The standard InChI is InChI=1S/C24H28N4O8/c1-24(2,3)36-23(35)26-14-8-10-28(11-9-14)20(30)13-6-4-12(5-7-13)15-16(21(31)32)18(25)27-19(29)17(15)22(33)34/h4-7,14H,8-11H2,1-3H3,(H,26,35)(H,31,32)(H,33,34)(H3,25,27,29). The molecule has 12 heteroatoms. The monoisotopic (exact) mass is 500 g/mol. The van der Waals surface area contributed by atoms with Crippen LogP contribution >= 0.6 is 0 Å². The fourth-order valence-electron chi connectivity index (χ4n) is 4.00. The normalized spacial score (nSPS) is 14.2. The number of benzene rings is 1. The second-order valence-electron chi connectivity index (χ2n) is 9.39. The lowest BCUT2D eigenvalue weighted by molar-refractivity contribution is 0.0472. The van der Waals surface area contributed by atoms with Gasteiger partial charge in [0.1, 0.15) is 22.5 Å². The summed E-state index contributed by atoms with van der Waals surface area (Å²) in [5.41, 5.74) is 2.75. The van der Waals surface area contributed by atoms with Gasteiger partial charge in [0.05, 0.1) is 0 Å². The molecule has 0 spiro atoms. The molecule has 1 saturated heterocycles. The minimum Gasteiger partial charge on any atom is -0.478 e. The summed E-state index contributed by atoms with van der Waals surface area (Å²) in [5, 5.41) is 21.9. The maximum atomic E-state index is 13.0. The fourth-order valence-corrected chi connectivity index (χ4v) is 4.00. The number of carbonyl (C=O) groups is 4. The number of aromatic carboxylic acids is 2. The number of carboxylic acids is 2. The molecule has 2 amide bonds. The molecular weight excluding hydrogens is 472 g/mol. The Bertz CT molecular complexity index is 1250. The van der Waals surface area contributed by atoms with Crippen molar-refractivity contribution in [3.05, 3.63) is 51.3 Å². The van der Waals surface area contributed by atoms with Gasteiger partial charge in [-0.15, -0.1) is 0 Å². The number of amides is 2. The zero-order valence-electron chi connectivity index (χ0n) is 20.1. The Hall–Kier alpha value is -4.35. The van der Waals surface area contributed by atoms with Gasteiger partial charge in [-0.2, -0.15) is 0 Å². The first-order chi connectivity index (χ1) is 16.8. The van der Waals surface area contributed by atoms with E-state index in [1.165, 1.54) is 24.3 Å². The number of H-pyrrole nitrogens is 1. The number of likely N-dealkylation sites (tertiary alicyclic amines) is 1. The van der Waals surface area contributed by atoms with Crippen LogP contribution in [0.4, 0.5) is 10.6 Å². The molecule has 1 fully saturated rings. The second kappa shape index (κ2) is 10.1. The van der Waals surface area contributed by atoms with Crippen LogP contribution in [0.3, 0.4) is 0 Å². The number of nitrogen functional groups attached to an aromatic ring is 1. The van der Waals surface area contributed by atoms with E-state index in [2.05, 4.69) is 5.32 Å². The van der Waals surface area contributed by atoms with E-state index < -0.39 is 46.1 Å². The van der Waals surface area contributed by atoms with E-state index in [0.29, 0.717) is 31.5 Å². The number of hydrogen-bond donors (Lipinski definition) is 5. The number of piperidine rings is 1. The highest BCUT2D eigenvalue weighted by atomic mass is 16.6. The first-order valence-corrected chi connectivity index (χ1v) is 11.2. The number of anilines is 1. The summed E-state index contributed by atoms with van der Waals surface area (Å²) in [6.45, 7) is 6.12. The Morgan fingerprint density at radius 1 is 1.03 bits per heavy atom. The maximum absolute atomic E-state index is 13.0. The molecular formula is C24H28N4O8. The highest BCUT2D eigenvalue weighted by molar-refractivity contribution is 6.07. The number of alkyl carbamates (subject to hydrolysis) is 1. The van der Waals surface area contributed by atoms with Crippen LogP contribution in [0.5, 0.6) is 0 Å². The molecule has 0 unspecified atom stereocenters. The van der Waals surface area contributed by atoms with E-state index in [4.69, 9.17) is 10.5 Å². The lowest BCUT2D eigenvalue weighted by Crippen LogP contribution is -2.47. The number of aromatic amines is 1. The molecule has 3 rings (SSSR count). The van der Waals surface area contributed by atoms with E-state index in [0.717, 1.165) is 0 Å². The fraction of sp³-hybridized carbons (Fsp3) is 0.375. The number of nitrogens with zero attached hydrogens (tertiary/aromatic N) is 1. The van der Waals surface area contributed by atoms with E-state index in [1.807, 2.05) is 4.98 Å². The van der Waals surface area contributed by atoms with Crippen LogP contribution in [-0.2, 0) is 4.74 Å². The van der Waals surface area contributed by atoms with E-state index in [-0.39, 0.29) is 23.1 Å². The van der Waals surface area contributed by atoms with Crippen LogP contribution in [0.2, 0.25) is 0 Å². The number of nitrogens with two attached hydrogens (primary N) is 1. The van der Waals surface area contributed by atoms with Crippen molar-refractivity contribution in [2.75, 3.05) is 18.8 Å². The Morgan fingerprint density at radius 2 is 1.58 bits per heavy atom. The van der Waals surface area contributed by atoms with Crippen molar-refractivity contribution in [1.82, 2.24) is 15.2 Å². The van der Waals surface area contributed by atoms with Crippen molar-refractivity contribution in [2.45, 2.75) is 45.3 Å². The molecule has 12 nitrogen and oxygen atoms in total. The van der Waals surface area contributed by atoms with Crippen molar-refractivity contribution in [3.63, 3.8) is 0 Å². The van der Waals surface area contributed by atoms with Gasteiger partial charge in [-0.05, 0) is 51.3 Å². The topological polar surface area (TPSA) is 192 Å². The highest BCUT2D eigenvalue weighted by Gasteiger charge is 2.28. The van der Waals surface area contributed by atoms with Crippen LogP contribution in [0.25, 0.3) is 11.1 Å².